The van der Waals surface area contributed by atoms with Crippen LogP contribution in [0.1, 0.15) is 10.4 Å². The summed E-state index contributed by atoms with van der Waals surface area (Å²) >= 11 is 17.3. The van der Waals surface area contributed by atoms with E-state index in [2.05, 4.69) is 50.5 Å². The molecular formula is C23H17BrCl2N2OS. The number of benzene rings is 3. The summed E-state index contributed by atoms with van der Waals surface area (Å²) < 4.78 is 1.04. The molecule has 2 N–H and O–H groups in total. The third kappa shape index (κ3) is 4.70. The van der Waals surface area contributed by atoms with Crippen LogP contribution < -0.4 is 5.32 Å². The molecule has 3 aromatic carbocycles. The predicted molar refractivity (Wildman–Crippen MR) is 131 cm³/mol. The second-order valence-electron chi connectivity index (χ2n) is 6.61. The Balaban J connectivity index is 1.50. The molecule has 0 bridgehead atoms. The first kappa shape index (κ1) is 21.3. The van der Waals surface area contributed by atoms with E-state index in [1.54, 1.807) is 30.0 Å². The number of carbonyl (C=O) groups is 1. The largest absolute Gasteiger partial charge is 0.354 e. The van der Waals surface area contributed by atoms with Gasteiger partial charge in [-0.1, -0.05) is 69.5 Å². The Kier molecular flexibility index (Phi) is 6.74. The zero-order valence-electron chi connectivity index (χ0n) is 15.7. The molecule has 0 radical (unpaired) electrons. The molecule has 0 aliphatic heterocycles. The molecular weight excluding hydrogens is 503 g/mol. The minimum Gasteiger partial charge on any atom is -0.354 e. The average Bonchev–Trinajstić information content (AvgIpc) is 3.12. The lowest BCUT2D eigenvalue weighted by Gasteiger charge is -2.08. The van der Waals surface area contributed by atoms with Crippen molar-refractivity contribution in [3.05, 3.63) is 86.8 Å². The number of fused-ring (bicyclic) bond motifs is 1. The van der Waals surface area contributed by atoms with E-state index in [1.807, 2.05) is 24.3 Å². The van der Waals surface area contributed by atoms with E-state index in [-0.39, 0.29) is 5.91 Å². The van der Waals surface area contributed by atoms with Gasteiger partial charge in [0.2, 0.25) is 0 Å². The van der Waals surface area contributed by atoms with E-state index in [0.717, 1.165) is 27.0 Å². The summed E-state index contributed by atoms with van der Waals surface area (Å²) in [7, 11) is 0. The van der Waals surface area contributed by atoms with Gasteiger partial charge in [-0.15, -0.1) is 11.8 Å². The molecule has 1 aromatic heterocycles. The van der Waals surface area contributed by atoms with Crippen molar-refractivity contribution in [3.8, 4) is 11.3 Å². The van der Waals surface area contributed by atoms with Gasteiger partial charge >= 0.3 is 0 Å². The number of para-hydroxylation sites is 1. The van der Waals surface area contributed by atoms with Crippen LogP contribution in [0.15, 0.2) is 76.1 Å². The van der Waals surface area contributed by atoms with E-state index in [9.17, 15) is 4.79 Å². The van der Waals surface area contributed by atoms with Crippen LogP contribution in [0, 0.1) is 0 Å². The van der Waals surface area contributed by atoms with Crippen molar-refractivity contribution >= 4 is 67.7 Å². The van der Waals surface area contributed by atoms with Crippen molar-refractivity contribution in [1.82, 2.24) is 10.3 Å². The van der Waals surface area contributed by atoms with E-state index in [0.29, 0.717) is 22.2 Å². The topological polar surface area (TPSA) is 44.9 Å². The first-order chi connectivity index (χ1) is 14.5. The quantitative estimate of drug-likeness (QED) is 0.205. The average molecular weight is 520 g/mol. The summed E-state index contributed by atoms with van der Waals surface area (Å²) in [5.74, 6) is 0.491. The first-order valence-electron chi connectivity index (χ1n) is 9.25. The van der Waals surface area contributed by atoms with Crippen molar-refractivity contribution in [2.75, 3.05) is 12.3 Å². The van der Waals surface area contributed by atoms with Gasteiger partial charge in [0.25, 0.3) is 5.91 Å². The summed E-state index contributed by atoms with van der Waals surface area (Å²) in [5, 5.41) is 4.97. The molecule has 152 valence electrons. The molecule has 4 aromatic rings. The number of nitrogens with one attached hydrogen (secondary N) is 2. The van der Waals surface area contributed by atoms with Crippen LogP contribution in [0.4, 0.5) is 0 Å². The van der Waals surface area contributed by atoms with Crippen LogP contribution in [0.2, 0.25) is 10.0 Å². The van der Waals surface area contributed by atoms with Crippen LogP contribution in [0.5, 0.6) is 0 Å². The van der Waals surface area contributed by atoms with Gasteiger partial charge in [-0.05, 0) is 42.0 Å². The smallest absolute Gasteiger partial charge is 0.252 e. The predicted octanol–water partition coefficient (Wildman–Crippen LogP) is 7.43. The number of thioether (sulfide) groups is 1. The molecule has 4 rings (SSSR count). The summed E-state index contributed by atoms with van der Waals surface area (Å²) in [6.07, 6.45) is 0. The van der Waals surface area contributed by atoms with Crippen molar-refractivity contribution in [2.24, 2.45) is 0 Å². The molecule has 30 heavy (non-hydrogen) atoms. The number of hydrogen-bond donors (Lipinski definition) is 2. The van der Waals surface area contributed by atoms with Crippen LogP contribution in [0.3, 0.4) is 0 Å². The van der Waals surface area contributed by atoms with Gasteiger partial charge in [-0.3, -0.25) is 4.79 Å². The molecule has 7 heteroatoms. The Morgan fingerprint density at radius 3 is 2.60 bits per heavy atom. The molecule has 0 aliphatic rings. The minimum absolute atomic E-state index is 0.227. The minimum atomic E-state index is -0.227. The van der Waals surface area contributed by atoms with Crippen LogP contribution in [-0.2, 0) is 0 Å². The van der Waals surface area contributed by atoms with Crippen molar-refractivity contribution in [3.63, 3.8) is 0 Å². The Hall–Kier alpha value is -1.92. The van der Waals surface area contributed by atoms with Crippen LogP contribution >= 0.6 is 50.9 Å². The van der Waals surface area contributed by atoms with Crippen molar-refractivity contribution in [1.29, 1.82) is 0 Å². The third-order valence-corrected chi connectivity index (χ3v) is 6.81. The fourth-order valence-corrected chi connectivity index (χ4v) is 4.87. The van der Waals surface area contributed by atoms with Gasteiger partial charge < -0.3 is 10.3 Å². The fraction of sp³-hybridized carbons (Fsp3) is 0.0870. The van der Waals surface area contributed by atoms with Crippen LogP contribution in [0.25, 0.3) is 22.2 Å². The zero-order valence-corrected chi connectivity index (χ0v) is 19.6. The number of aromatic nitrogens is 1. The number of hydrogen-bond acceptors (Lipinski definition) is 2. The first-order valence-corrected chi connectivity index (χ1v) is 11.8. The van der Waals surface area contributed by atoms with Crippen LogP contribution in [-0.4, -0.2) is 23.2 Å². The molecule has 0 fully saturated rings. The standard InChI is InChI=1S/C23H17BrCl2N2OS/c24-15-7-5-14(6-8-15)21-22(17-3-1-2-4-20(17)28-21)30-12-11-27-23(29)18-13-16(25)9-10-19(18)26/h1-10,13,28H,11-12H2,(H,27,29). The lowest BCUT2D eigenvalue weighted by Crippen LogP contribution is -2.26. The number of rotatable bonds is 6. The molecule has 0 saturated heterocycles. The van der Waals surface area contributed by atoms with E-state index in [4.69, 9.17) is 23.2 Å². The third-order valence-electron chi connectivity index (χ3n) is 4.60. The second kappa shape index (κ2) is 9.48. The zero-order chi connectivity index (χ0) is 21.1. The summed E-state index contributed by atoms with van der Waals surface area (Å²) in [4.78, 5) is 17.1. The van der Waals surface area contributed by atoms with Gasteiger partial charge in [0.15, 0.2) is 0 Å². The molecule has 1 heterocycles. The van der Waals surface area contributed by atoms with E-state index in [1.165, 1.54) is 10.3 Å². The SMILES string of the molecule is O=C(NCCSc1c(-c2ccc(Br)cc2)[nH]c2ccccc12)c1cc(Cl)ccc1Cl. The van der Waals surface area contributed by atoms with Gasteiger partial charge in [-0.2, -0.15) is 0 Å². The molecule has 0 atom stereocenters. The highest BCUT2D eigenvalue weighted by Gasteiger charge is 2.14. The van der Waals surface area contributed by atoms with Crippen molar-refractivity contribution < 1.29 is 4.79 Å². The molecule has 0 spiro atoms. The highest BCUT2D eigenvalue weighted by molar-refractivity contribution is 9.10. The Bertz CT molecular complexity index is 1210. The van der Waals surface area contributed by atoms with E-state index < -0.39 is 0 Å². The fourth-order valence-electron chi connectivity index (χ4n) is 3.17. The molecule has 0 aliphatic carbocycles. The Morgan fingerprint density at radius 2 is 1.80 bits per heavy atom. The monoisotopic (exact) mass is 518 g/mol. The van der Waals surface area contributed by atoms with Crippen molar-refractivity contribution in [2.45, 2.75) is 4.90 Å². The second-order valence-corrected chi connectivity index (χ2v) is 9.47. The highest BCUT2D eigenvalue weighted by atomic mass is 79.9. The number of halogens is 3. The van der Waals surface area contributed by atoms with Gasteiger partial charge in [-0.25, -0.2) is 0 Å². The molecule has 0 saturated carbocycles. The number of carbonyl (C=O) groups excluding carboxylic acids is 1. The lowest BCUT2D eigenvalue weighted by molar-refractivity contribution is 0.0956. The summed E-state index contributed by atoms with van der Waals surface area (Å²) in [5.41, 5.74) is 3.68. The summed E-state index contributed by atoms with van der Waals surface area (Å²) in [6.45, 7) is 0.506. The normalized spacial score (nSPS) is 11.0. The molecule has 0 unspecified atom stereocenters. The Labute approximate surface area is 197 Å². The maximum Gasteiger partial charge on any atom is 0.252 e. The number of aromatic amines is 1. The highest BCUT2D eigenvalue weighted by Crippen LogP contribution is 2.37. The number of amides is 1. The van der Waals surface area contributed by atoms with Gasteiger partial charge in [0, 0.05) is 37.6 Å². The Morgan fingerprint density at radius 1 is 1.03 bits per heavy atom. The maximum atomic E-state index is 12.4. The van der Waals surface area contributed by atoms with Gasteiger partial charge in [0.1, 0.15) is 0 Å². The summed E-state index contributed by atoms with van der Waals surface area (Å²) in [6, 6.07) is 21.4. The molecule has 1 amide bonds. The van der Waals surface area contributed by atoms with E-state index >= 15 is 0 Å². The maximum absolute atomic E-state index is 12.4. The number of H-pyrrole nitrogens is 1. The molecule has 3 nitrogen and oxygen atoms in total. The lowest BCUT2D eigenvalue weighted by atomic mass is 10.1. The van der Waals surface area contributed by atoms with Gasteiger partial charge in [0.05, 0.1) is 16.3 Å².